The standard InChI is InChI=1S/C13H16N4/c1-8(2)9-3-5-10(6-4-9)11-7-16-13(15)17-12(11)14/h3-8H,1-2H3,(H4,14,15,16,17). The summed E-state index contributed by atoms with van der Waals surface area (Å²) in [4.78, 5) is 7.91. The summed E-state index contributed by atoms with van der Waals surface area (Å²) >= 11 is 0. The average Bonchev–Trinajstić information content (AvgIpc) is 2.29. The van der Waals surface area contributed by atoms with Gasteiger partial charge in [-0.05, 0) is 17.0 Å². The number of anilines is 2. The molecule has 0 aliphatic heterocycles. The fraction of sp³-hybridized carbons (Fsp3) is 0.231. The second kappa shape index (κ2) is 4.41. The minimum absolute atomic E-state index is 0.199. The van der Waals surface area contributed by atoms with Crippen LogP contribution in [-0.2, 0) is 0 Å². The van der Waals surface area contributed by atoms with Crippen molar-refractivity contribution in [2.75, 3.05) is 11.5 Å². The van der Waals surface area contributed by atoms with Gasteiger partial charge in [0.25, 0.3) is 0 Å². The summed E-state index contributed by atoms with van der Waals surface area (Å²) in [7, 11) is 0. The molecule has 4 N–H and O–H groups in total. The molecule has 1 aromatic heterocycles. The van der Waals surface area contributed by atoms with Gasteiger partial charge in [-0.2, -0.15) is 4.98 Å². The third-order valence-corrected chi connectivity index (χ3v) is 2.73. The Hall–Kier alpha value is -2.10. The third kappa shape index (κ3) is 2.36. The zero-order valence-corrected chi connectivity index (χ0v) is 10.0. The predicted octanol–water partition coefficient (Wildman–Crippen LogP) is 2.43. The van der Waals surface area contributed by atoms with Crippen LogP contribution in [-0.4, -0.2) is 9.97 Å². The summed E-state index contributed by atoms with van der Waals surface area (Å²) in [6, 6.07) is 8.24. The van der Waals surface area contributed by atoms with E-state index in [1.807, 2.05) is 12.1 Å². The molecule has 0 aliphatic carbocycles. The maximum atomic E-state index is 5.82. The number of aromatic nitrogens is 2. The molecule has 0 saturated heterocycles. The van der Waals surface area contributed by atoms with E-state index >= 15 is 0 Å². The molecule has 1 heterocycles. The first kappa shape index (κ1) is 11.4. The molecule has 0 aliphatic rings. The smallest absolute Gasteiger partial charge is 0.221 e. The molecule has 0 unspecified atom stereocenters. The second-order valence-corrected chi connectivity index (χ2v) is 4.30. The highest BCUT2D eigenvalue weighted by molar-refractivity contribution is 5.73. The zero-order chi connectivity index (χ0) is 12.4. The van der Waals surface area contributed by atoms with Crippen LogP contribution in [0, 0.1) is 0 Å². The summed E-state index contributed by atoms with van der Waals surface area (Å²) in [6.45, 7) is 4.32. The van der Waals surface area contributed by atoms with E-state index in [0.29, 0.717) is 11.7 Å². The first-order chi connectivity index (χ1) is 8.08. The lowest BCUT2D eigenvalue weighted by molar-refractivity contribution is 0.867. The molecule has 4 heteroatoms. The van der Waals surface area contributed by atoms with Gasteiger partial charge in [0.1, 0.15) is 5.82 Å². The lowest BCUT2D eigenvalue weighted by atomic mass is 10.00. The van der Waals surface area contributed by atoms with Crippen molar-refractivity contribution >= 4 is 11.8 Å². The molecule has 0 fully saturated rings. The minimum Gasteiger partial charge on any atom is -0.383 e. The van der Waals surface area contributed by atoms with Gasteiger partial charge in [0.05, 0.1) is 0 Å². The van der Waals surface area contributed by atoms with E-state index in [1.54, 1.807) is 6.20 Å². The number of nitrogen functional groups attached to an aromatic ring is 2. The van der Waals surface area contributed by atoms with Crippen LogP contribution in [0.4, 0.5) is 11.8 Å². The molecular weight excluding hydrogens is 212 g/mol. The van der Waals surface area contributed by atoms with E-state index < -0.39 is 0 Å². The Bertz CT molecular complexity index is 517. The molecule has 0 spiro atoms. The van der Waals surface area contributed by atoms with E-state index in [-0.39, 0.29) is 5.95 Å². The van der Waals surface area contributed by atoms with Crippen molar-refractivity contribution in [3.63, 3.8) is 0 Å². The van der Waals surface area contributed by atoms with Crippen LogP contribution in [0.2, 0.25) is 0 Å². The largest absolute Gasteiger partial charge is 0.383 e. The molecule has 4 nitrogen and oxygen atoms in total. The summed E-state index contributed by atoms with van der Waals surface area (Å²) in [5.41, 5.74) is 14.4. The van der Waals surface area contributed by atoms with Crippen LogP contribution < -0.4 is 11.5 Å². The molecule has 17 heavy (non-hydrogen) atoms. The van der Waals surface area contributed by atoms with Gasteiger partial charge in [0.15, 0.2) is 0 Å². The Morgan fingerprint density at radius 3 is 2.24 bits per heavy atom. The van der Waals surface area contributed by atoms with Crippen molar-refractivity contribution < 1.29 is 0 Å². The summed E-state index contributed by atoms with van der Waals surface area (Å²) in [5.74, 6) is 1.13. The second-order valence-electron chi connectivity index (χ2n) is 4.30. The summed E-state index contributed by atoms with van der Waals surface area (Å²) in [5, 5.41) is 0. The molecule has 88 valence electrons. The molecule has 0 atom stereocenters. The van der Waals surface area contributed by atoms with Crippen LogP contribution in [0.5, 0.6) is 0 Å². The van der Waals surface area contributed by atoms with E-state index in [0.717, 1.165) is 11.1 Å². The van der Waals surface area contributed by atoms with Crippen molar-refractivity contribution in [3.05, 3.63) is 36.0 Å². The van der Waals surface area contributed by atoms with Gasteiger partial charge in [-0.15, -0.1) is 0 Å². The quantitative estimate of drug-likeness (QED) is 0.827. The van der Waals surface area contributed by atoms with Gasteiger partial charge < -0.3 is 11.5 Å². The zero-order valence-electron chi connectivity index (χ0n) is 10.0. The highest BCUT2D eigenvalue weighted by atomic mass is 15.0. The van der Waals surface area contributed by atoms with Crippen molar-refractivity contribution in [1.82, 2.24) is 9.97 Å². The van der Waals surface area contributed by atoms with Crippen molar-refractivity contribution in [2.45, 2.75) is 19.8 Å². The van der Waals surface area contributed by atoms with Crippen LogP contribution in [0.15, 0.2) is 30.5 Å². The lowest BCUT2D eigenvalue weighted by Crippen LogP contribution is -2.01. The summed E-state index contributed by atoms with van der Waals surface area (Å²) in [6.07, 6.45) is 1.65. The van der Waals surface area contributed by atoms with E-state index in [4.69, 9.17) is 11.5 Å². The van der Waals surface area contributed by atoms with Gasteiger partial charge in [-0.25, -0.2) is 4.98 Å². The third-order valence-electron chi connectivity index (χ3n) is 2.73. The topological polar surface area (TPSA) is 77.8 Å². The van der Waals surface area contributed by atoms with Crippen LogP contribution in [0.1, 0.15) is 25.3 Å². The highest BCUT2D eigenvalue weighted by Crippen LogP contribution is 2.25. The van der Waals surface area contributed by atoms with Crippen LogP contribution in [0.25, 0.3) is 11.1 Å². The van der Waals surface area contributed by atoms with Crippen LogP contribution in [0.3, 0.4) is 0 Å². The molecule has 0 saturated carbocycles. The van der Waals surface area contributed by atoms with Gasteiger partial charge in [0, 0.05) is 11.8 Å². The Balaban J connectivity index is 2.40. The molecule has 1 aromatic carbocycles. The number of hydrogen-bond acceptors (Lipinski definition) is 4. The lowest BCUT2D eigenvalue weighted by Gasteiger charge is -2.08. The van der Waals surface area contributed by atoms with Crippen molar-refractivity contribution in [1.29, 1.82) is 0 Å². The first-order valence-corrected chi connectivity index (χ1v) is 5.56. The van der Waals surface area contributed by atoms with E-state index in [1.165, 1.54) is 5.56 Å². The number of nitrogens with two attached hydrogens (primary N) is 2. The fourth-order valence-electron chi connectivity index (χ4n) is 1.68. The Kier molecular flexibility index (Phi) is 2.95. The Morgan fingerprint density at radius 1 is 1.06 bits per heavy atom. The maximum Gasteiger partial charge on any atom is 0.221 e. The normalized spacial score (nSPS) is 10.8. The maximum absolute atomic E-state index is 5.82. The molecule has 2 aromatic rings. The molecule has 0 radical (unpaired) electrons. The van der Waals surface area contributed by atoms with Gasteiger partial charge in [-0.3, -0.25) is 0 Å². The van der Waals surface area contributed by atoms with E-state index in [9.17, 15) is 0 Å². The Labute approximate surface area is 101 Å². The first-order valence-electron chi connectivity index (χ1n) is 5.56. The van der Waals surface area contributed by atoms with Crippen molar-refractivity contribution in [3.8, 4) is 11.1 Å². The molecule has 0 amide bonds. The van der Waals surface area contributed by atoms with E-state index in [2.05, 4.69) is 35.9 Å². The van der Waals surface area contributed by atoms with Gasteiger partial charge in [0.2, 0.25) is 5.95 Å². The van der Waals surface area contributed by atoms with Gasteiger partial charge in [-0.1, -0.05) is 38.1 Å². The number of nitrogens with zero attached hydrogens (tertiary/aromatic N) is 2. The van der Waals surface area contributed by atoms with Gasteiger partial charge >= 0.3 is 0 Å². The SMILES string of the molecule is CC(C)c1ccc(-c2cnc(N)nc2N)cc1. The van der Waals surface area contributed by atoms with Crippen molar-refractivity contribution in [2.24, 2.45) is 0 Å². The molecule has 2 rings (SSSR count). The Morgan fingerprint density at radius 2 is 1.71 bits per heavy atom. The molecular formula is C13H16N4. The number of benzene rings is 1. The highest BCUT2D eigenvalue weighted by Gasteiger charge is 2.06. The minimum atomic E-state index is 0.199. The van der Waals surface area contributed by atoms with Crippen LogP contribution >= 0.6 is 0 Å². The monoisotopic (exact) mass is 228 g/mol. The predicted molar refractivity (Wildman–Crippen MR) is 70.4 cm³/mol. The number of rotatable bonds is 2. The average molecular weight is 228 g/mol. The number of hydrogen-bond donors (Lipinski definition) is 2. The summed E-state index contributed by atoms with van der Waals surface area (Å²) < 4.78 is 0. The molecule has 0 bridgehead atoms. The fourth-order valence-corrected chi connectivity index (χ4v) is 1.68.